The molecule has 1 amide bonds. The molecule has 0 radical (unpaired) electrons. The fourth-order valence-electron chi connectivity index (χ4n) is 2.99. The average molecular weight is 384 g/mol. The Labute approximate surface area is 166 Å². The third-order valence-electron chi connectivity index (χ3n) is 4.50. The van der Waals surface area contributed by atoms with Crippen LogP contribution in [0, 0.1) is 6.92 Å². The molecule has 0 spiro atoms. The van der Waals surface area contributed by atoms with Crippen molar-refractivity contribution in [3.63, 3.8) is 0 Å². The molecule has 150 valence electrons. The smallest absolute Gasteiger partial charge is 0.258 e. The van der Waals surface area contributed by atoms with Crippen LogP contribution in [0.1, 0.15) is 30.7 Å². The molecule has 0 bridgehead atoms. The Morgan fingerprint density at radius 1 is 1.18 bits per heavy atom. The molecule has 1 saturated heterocycles. The number of piperidine rings is 1. The molecule has 1 aliphatic heterocycles. The molecule has 8 nitrogen and oxygen atoms in total. The van der Waals surface area contributed by atoms with Crippen LogP contribution >= 0.6 is 0 Å². The van der Waals surface area contributed by atoms with Gasteiger partial charge < -0.3 is 19.9 Å². The predicted molar refractivity (Wildman–Crippen MR) is 109 cm³/mol. The molecule has 1 fully saturated rings. The molecule has 0 atom stereocenters. The first-order valence-electron chi connectivity index (χ1n) is 9.64. The molecule has 2 aromatic rings. The first kappa shape index (κ1) is 19.9. The van der Waals surface area contributed by atoms with E-state index in [0.29, 0.717) is 23.5 Å². The molecule has 3 rings (SSSR count). The minimum Gasteiger partial charge on any atom is -0.484 e. The van der Waals surface area contributed by atoms with Crippen molar-refractivity contribution in [3.8, 4) is 5.75 Å². The molecule has 2 heterocycles. The Morgan fingerprint density at radius 3 is 2.68 bits per heavy atom. The van der Waals surface area contributed by atoms with Gasteiger partial charge in [-0.05, 0) is 43.9 Å². The van der Waals surface area contributed by atoms with Gasteiger partial charge in [-0.3, -0.25) is 4.79 Å². The van der Waals surface area contributed by atoms with Crippen LogP contribution < -0.4 is 19.9 Å². The Morgan fingerprint density at radius 2 is 1.96 bits per heavy atom. The van der Waals surface area contributed by atoms with Crippen molar-refractivity contribution < 1.29 is 9.53 Å². The second kappa shape index (κ2) is 9.34. The maximum Gasteiger partial charge on any atom is 0.258 e. The third kappa shape index (κ3) is 5.55. The second-order valence-corrected chi connectivity index (χ2v) is 7.18. The van der Waals surface area contributed by atoms with Gasteiger partial charge in [0.15, 0.2) is 12.4 Å². The summed E-state index contributed by atoms with van der Waals surface area (Å²) >= 11 is 0. The minimum atomic E-state index is -0.215. The molecule has 0 unspecified atom stereocenters. The lowest BCUT2D eigenvalue weighted by Crippen LogP contribution is -2.33. The standard InChI is InChI=1S/C20H28N6O2/c1-15-8-7-9-16(12-15)28-14-18(27)21-13-17-22-19(25(2)3)24-20(23-17)26-10-5-4-6-11-26/h7-9,12H,4-6,10-11,13-14H2,1-3H3,(H,21,27). The highest BCUT2D eigenvalue weighted by molar-refractivity contribution is 5.77. The first-order valence-corrected chi connectivity index (χ1v) is 9.64. The number of amides is 1. The van der Waals surface area contributed by atoms with Gasteiger partial charge in [0.05, 0.1) is 6.54 Å². The maximum absolute atomic E-state index is 12.2. The van der Waals surface area contributed by atoms with Crippen molar-refractivity contribution >= 4 is 17.8 Å². The lowest BCUT2D eigenvalue weighted by molar-refractivity contribution is -0.123. The SMILES string of the molecule is Cc1cccc(OCC(=O)NCc2nc(N(C)C)nc(N3CCCCC3)n2)c1. The van der Waals surface area contributed by atoms with E-state index in [1.165, 1.54) is 6.42 Å². The molecule has 0 saturated carbocycles. The largest absolute Gasteiger partial charge is 0.484 e. The molecule has 1 N–H and O–H groups in total. The summed E-state index contributed by atoms with van der Waals surface area (Å²) in [6, 6.07) is 7.61. The van der Waals surface area contributed by atoms with Gasteiger partial charge in [-0.1, -0.05) is 12.1 Å². The van der Waals surface area contributed by atoms with E-state index >= 15 is 0 Å². The van der Waals surface area contributed by atoms with Crippen LogP contribution in [-0.2, 0) is 11.3 Å². The van der Waals surface area contributed by atoms with Crippen LogP contribution in [0.2, 0.25) is 0 Å². The van der Waals surface area contributed by atoms with Crippen LogP contribution in [0.15, 0.2) is 24.3 Å². The minimum absolute atomic E-state index is 0.0476. The molecular weight excluding hydrogens is 356 g/mol. The number of hydrogen-bond donors (Lipinski definition) is 1. The van der Waals surface area contributed by atoms with Crippen LogP contribution in [0.5, 0.6) is 5.75 Å². The fraction of sp³-hybridized carbons (Fsp3) is 0.500. The Bertz CT molecular complexity index is 805. The lowest BCUT2D eigenvalue weighted by atomic mass is 10.1. The second-order valence-electron chi connectivity index (χ2n) is 7.18. The van der Waals surface area contributed by atoms with Crippen molar-refractivity contribution in [2.75, 3.05) is 43.6 Å². The van der Waals surface area contributed by atoms with Gasteiger partial charge in [0.1, 0.15) is 5.75 Å². The van der Waals surface area contributed by atoms with E-state index in [0.717, 1.165) is 31.5 Å². The number of carbonyl (C=O) groups excluding carboxylic acids is 1. The van der Waals surface area contributed by atoms with Crippen molar-refractivity contribution in [1.82, 2.24) is 20.3 Å². The topological polar surface area (TPSA) is 83.5 Å². The Balaban J connectivity index is 1.60. The van der Waals surface area contributed by atoms with E-state index in [1.54, 1.807) is 0 Å². The number of ether oxygens (including phenoxy) is 1. The van der Waals surface area contributed by atoms with Gasteiger partial charge in [-0.2, -0.15) is 15.0 Å². The van der Waals surface area contributed by atoms with E-state index in [2.05, 4.69) is 25.2 Å². The Hall–Kier alpha value is -2.90. The summed E-state index contributed by atoms with van der Waals surface area (Å²) in [7, 11) is 3.79. The molecule has 28 heavy (non-hydrogen) atoms. The highest BCUT2D eigenvalue weighted by Crippen LogP contribution is 2.18. The fourth-order valence-corrected chi connectivity index (χ4v) is 2.99. The zero-order valence-corrected chi connectivity index (χ0v) is 16.8. The van der Waals surface area contributed by atoms with Crippen molar-refractivity contribution in [2.24, 2.45) is 0 Å². The van der Waals surface area contributed by atoms with E-state index in [-0.39, 0.29) is 19.1 Å². The Kier molecular flexibility index (Phi) is 6.62. The van der Waals surface area contributed by atoms with E-state index in [1.807, 2.05) is 50.2 Å². The third-order valence-corrected chi connectivity index (χ3v) is 4.50. The number of hydrogen-bond acceptors (Lipinski definition) is 7. The molecule has 1 aromatic heterocycles. The number of aromatic nitrogens is 3. The monoisotopic (exact) mass is 384 g/mol. The summed E-state index contributed by atoms with van der Waals surface area (Å²) in [5.41, 5.74) is 1.09. The van der Waals surface area contributed by atoms with Crippen LogP contribution in [0.3, 0.4) is 0 Å². The number of aryl methyl sites for hydroxylation is 1. The highest BCUT2D eigenvalue weighted by Gasteiger charge is 2.17. The average Bonchev–Trinajstić information content (AvgIpc) is 2.71. The first-order chi connectivity index (χ1) is 13.5. The normalized spacial score (nSPS) is 13.9. The van der Waals surface area contributed by atoms with E-state index < -0.39 is 0 Å². The lowest BCUT2D eigenvalue weighted by Gasteiger charge is -2.27. The molecule has 1 aromatic carbocycles. The van der Waals surface area contributed by atoms with Gasteiger partial charge in [-0.15, -0.1) is 0 Å². The summed E-state index contributed by atoms with van der Waals surface area (Å²) in [4.78, 5) is 29.8. The van der Waals surface area contributed by atoms with Crippen LogP contribution in [-0.4, -0.2) is 54.7 Å². The summed E-state index contributed by atoms with van der Waals surface area (Å²) in [6.07, 6.45) is 3.53. The number of carbonyl (C=O) groups is 1. The van der Waals surface area contributed by atoms with Gasteiger partial charge in [0.25, 0.3) is 5.91 Å². The number of nitrogens with one attached hydrogen (secondary N) is 1. The van der Waals surface area contributed by atoms with Gasteiger partial charge in [-0.25, -0.2) is 0 Å². The summed E-state index contributed by atoms with van der Waals surface area (Å²) in [5, 5.41) is 2.83. The van der Waals surface area contributed by atoms with E-state index in [9.17, 15) is 4.79 Å². The number of nitrogens with zero attached hydrogens (tertiary/aromatic N) is 5. The number of anilines is 2. The molecular formula is C20H28N6O2. The van der Waals surface area contributed by atoms with Crippen LogP contribution in [0.25, 0.3) is 0 Å². The van der Waals surface area contributed by atoms with Crippen LogP contribution in [0.4, 0.5) is 11.9 Å². The van der Waals surface area contributed by atoms with E-state index in [4.69, 9.17) is 4.74 Å². The maximum atomic E-state index is 12.2. The van der Waals surface area contributed by atoms with Gasteiger partial charge in [0, 0.05) is 27.2 Å². The number of benzene rings is 1. The van der Waals surface area contributed by atoms with Gasteiger partial charge in [0.2, 0.25) is 11.9 Å². The predicted octanol–water partition coefficient (Wildman–Crippen LogP) is 1.93. The molecule has 8 heteroatoms. The summed E-state index contributed by atoms with van der Waals surface area (Å²) in [6.45, 7) is 4.07. The van der Waals surface area contributed by atoms with Crippen molar-refractivity contribution in [2.45, 2.75) is 32.7 Å². The zero-order chi connectivity index (χ0) is 19.9. The van der Waals surface area contributed by atoms with Crippen molar-refractivity contribution in [3.05, 3.63) is 35.7 Å². The van der Waals surface area contributed by atoms with Gasteiger partial charge >= 0.3 is 0 Å². The molecule has 1 aliphatic rings. The van der Waals surface area contributed by atoms with Crippen molar-refractivity contribution in [1.29, 1.82) is 0 Å². The number of rotatable bonds is 7. The quantitative estimate of drug-likeness (QED) is 0.781. The summed E-state index contributed by atoms with van der Waals surface area (Å²) in [5.74, 6) is 2.28. The zero-order valence-electron chi connectivity index (χ0n) is 16.8. The molecule has 0 aliphatic carbocycles. The highest BCUT2D eigenvalue weighted by atomic mass is 16.5. The summed E-state index contributed by atoms with van der Waals surface area (Å²) < 4.78 is 5.54.